The molecule has 1 rings (SSSR count). The second-order valence-corrected chi connectivity index (χ2v) is 6.35. The van der Waals surface area contributed by atoms with Crippen molar-refractivity contribution in [2.24, 2.45) is 0 Å². The van der Waals surface area contributed by atoms with Crippen LogP contribution in [0.25, 0.3) is 0 Å². The summed E-state index contributed by atoms with van der Waals surface area (Å²) < 4.78 is 6.45. The second-order valence-electron chi connectivity index (χ2n) is 5.49. The normalized spacial score (nSPS) is 11.2. The van der Waals surface area contributed by atoms with Gasteiger partial charge in [0, 0.05) is 11.0 Å². The summed E-state index contributed by atoms with van der Waals surface area (Å²) in [4.78, 5) is 13.9. The van der Waals surface area contributed by atoms with E-state index in [0.717, 1.165) is 16.5 Å². The van der Waals surface area contributed by atoms with Gasteiger partial charge in [-0.05, 0) is 38.8 Å². The molecule has 0 aromatic heterocycles. The highest BCUT2D eigenvalue weighted by atomic mass is 79.9. The van der Waals surface area contributed by atoms with Crippen molar-refractivity contribution in [3.05, 3.63) is 34.3 Å². The van der Waals surface area contributed by atoms with Crippen LogP contribution in [-0.4, -0.2) is 23.1 Å². The van der Waals surface area contributed by atoms with Crippen molar-refractivity contribution in [2.75, 3.05) is 6.54 Å². The van der Waals surface area contributed by atoms with Crippen LogP contribution >= 0.6 is 15.9 Å². The molecule has 0 saturated carbocycles. The lowest BCUT2D eigenvalue weighted by Crippen LogP contribution is -2.37. The number of carbonyl (C=O) groups excluding carboxylic acids is 1. The molecular formula is C15H22BrNO2. The molecule has 0 N–H and O–H groups in total. The molecule has 0 spiro atoms. The topological polar surface area (TPSA) is 29.5 Å². The fraction of sp³-hybridized carbons (Fsp3) is 0.533. The van der Waals surface area contributed by atoms with Crippen molar-refractivity contribution in [3.8, 4) is 0 Å². The summed E-state index contributed by atoms with van der Waals surface area (Å²) in [5.74, 6) is 0. The maximum Gasteiger partial charge on any atom is 0.410 e. The molecule has 19 heavy (non-hydrogen) atoms. The van der Waals surface area contributed by atoms with E-state index in [1.807, 2.05) is 45.0 Å². The van der Waals surface area contributed by atoms with E-state index in [9.17, 15) is 4.79 Å². The molecule has 1 amide bonds. The smallest absolute Gasteiger partial charge is 0.410 e. The highest BCUT2D eigenvalue weighted by molar-refractivity contribution is 9.10. The van der Waals surface area contributed by atoms with Gasteiger partial charge < -0.3 is 9.64 Å². The van der Waals surface area contributed by atoms with Crippen molar-refractivity contribution in [1.29, 1.82) is 0 Å². The van der Waals surface area contributed by atoms with Crippen LogP contribution in [0.5, 0.6) is 0 Å². The van der Waals surface area contributed by atoms with Gasteiger partial charge in [0.1, 0.15) is 5.60 Å². The monoisotopic (exact) mass is 327 g/mol. The van der Waals surface area contributed by atoms with E-state index in [-0.39, 0.29) is 6.09 Å². The number of benzene rings is 1. The number of ether oxygens (including phenoxy) is 1. The summed E-state index contributed by atoms with van der Waals surface area (Å²) in [6.45, 7) is 8.95. The first-order chi connectivity index (χ1) is 8.83. The van der Waals surface area contributed by atoms with Crippen molar-refractivity contribution in [3.63, 3.8) is 0 Å². The van der Waals surface area contributed by atoms with Gasteiger partial charge >= 0.3 is 6.09 Å². The van der Waals surface area contributed by atoms with Crippen LogP contribution in [-0.2, 0) is 11.3 Å². The molecule has 4 heteroatoms. The highest BCUT2D eigenvalue weighted by Gasteiger charge is 2.22. The molecule has 0 fully saturated rings. The Kier molecular flexibility index (Phi) is 5.85. The third-order valence-corrected chi connectivity index (χ3v) is 3.24. The van der Waals surface area contributed by atoms with E-state index < -0.39 is 5.60 Å². The van der Waals surface area contributed by atoms with Gasteiger partial charge in [-0.25, -0.2) is 4.79 Å². The van der Waals surface area contributed by atoms with Gasteiger partial charge in [-0.15, -0.1) is 0 Å². The molecular weight excluding hydrogens is 306 g/mol. The average Bonchev–Trinajstić information content (AvgIpc) is 2.29. The first kappa shape index (κ1) is 16.0. The molecule has 0 aliphatic heterocycles. The molecule has 0 atom stereocenters. The van der Waals surface area contributed by atoms with Crippen molar-refractivity contribution >= 4 is 22.0 Å². The summed E-state index contributed by atoms with van der Waals surface area (Å²) in [7, 11) is 0. The summed E-state index contributed by atoms with van der Waals surface area (Å²) in [5, 5.41) is 0. The summed E-state index contributed by atoms with van der Waals surface area (Å²) in [6.07, 6.45) is 0.647. The zero-order valence-electron chi connectivity index (χ0n) is 12.1. The van der Waals surface area contributed by atoms with Gasteiger partial charge in [0.25, 0.3) is 0 Å². The minimum atomic E-state index is -0.461. The van der Waals surface area contributed by atoms with Crippen LogP contribution in [0.2, 0.25) is 0 Å². The largest absolute Gasteiger partial charge is 0.444 e. The molecule has 0 bridgehead atoms. The van der Waals surface area contributed by atoms with Gasteiger partial charge in [-0.3, -0.25) is 0 Å². The number of amides is 1. The van der Waals surface area contributed by atoms with Crippen LogP contribution in [0.4, 0.5) is 4.79 Å². The Labute approximate surface area is 124 Å². The summed E-state index contributed by atoms with van der Waals surface area (Å²) in [6, 6.07) is 7.93. The van der Waals surface area contributed by atoms with E-state index >= 15 is 0 Å². The predicted octanol–water partition coefficient (Wildman–Crippen LogP) is 4.60. The summed E-state index contributed by atoms with van der Waals surface area (Å²) >= 11 is 3.51. The lowest BCUT2D eigenvalue weighted by molar-refractivity contribution is 0.0233. The maximum absolute atomic E-state index is 12.2. The van der Waals surface area contributed by atoms with E-state index in [4.69, 9.17) is 4.74 Å². The number of nitrogens with zero attached hydrogens (tertiary/aromatic N) is 1. The summed E-state index contributed by atoms with van der Waals surface area (Å²) in [5.41, 5.74) is 0.624. The Morgan fingerprint density at radius 2 is 1.95 bits per heavy atom. The van der Waals surface area contributed by atoms with E-state index in [0.29, 0.717) is 13.1 Å². The van der Waals surface area contributed by atoms with Crippen LogP contribution in [0.3, 0.4) is 0 Å². The van der Waals surface area contributed by atoms with Gasteiger partial charge in [0.2, 0.25) is 0 Å². The lowest BCUT2D eigenvalue weighted by atomic mass is 10.2. The number of carbonyl (C=O) groups is 1. The minimum Gasteiger partial charge on any atom is -0.444 e. The van der Waals surface area contributed by atoms with E-state index in [1.54, 1.807) is 4.90 Å². The first-order valence-corrected chi connectivity index (χ1v) is 7.34. The van der Waals surface area contributed by atoms with E-state index in [2.05, 4.69) is 22.9 Å². The molecule has 0 unspecified atom stereocenters. The molecule has 3 nitrogen and oxygen atoms in total. The third kappa shape index (κ3) is 5.64. The number of halogens is 1. The average molecular weight is 328 g/mol. The highest BCUT2D eigenvalue weighted by Crippen LogP contribution is 2.19. The van der Waals surface area contributed by atoms with Gasteiger partial charge in [0.15, 0.2) is 0 Å². The van der Waals surface area contributed by atoms with Crippen molar-refractivity contribution < 1.29 is 9.53 Å². The SMILES string of the molecule is CCCN(Cc1ccccc1Br)C(=O)OC(C)(C)C. The van der Waals surface area contributed by atoms with Crippen LogP contribution in [0.15, 0.2) is 28.7 Å². The quantitative estimate of drug-likeness (QED) is 0.809. The van der Waals surface area contributed by atoms with Crippen LogP contribution < -0.4 is 0 Å². The number of hydrogen-bond donors (Lipinski definition) is 0. The fourth-order valence-electron chi connectivity index (χ4n) is 1.66. The number of hydrogen-bond acceptors (Lipinski definition) is 2. The second kappa shape index (κ2) is 6.94. The minimum absolute atomic E-state index is 0.259. The lowest BCUT2D eigenvalue weighted by Gasteiger charge is -2.27. The van der Waals surface area contributed by atoms with Crippen LogP contribution in [0.1, 0.15) is 39.7 Å². The Bertz CT molecular complexity index is 426. The Hall–Kier alpha value is -1.03. The van der Waals surface area contributed by atoms with Crippen LogP contribution in [0, 0.1) is 0 Å². The zero-order chi connectivity index (χ0) is 14.5. The first-order valence-electron chi connectivity index (χ1n) is 6.55. The molecule has 1 aromatic rings. The van der Waals surface area contributed by atoms with Gasteiger partial charge in [-0.1, -0.05) is 41.1 Å². The molecule has 0 aliphatic carbocycles. The van der Waals surface area contributed by atoms with Crippen molar-refractivity contribution in [2.45, 2.75) is 46.3 Å². The van der Waals surface area contributed by atoms with Crippen molar-refractivity contribution in [1.82, 2.24) is 4.90 Å². The zero-order valence-corrected chi connectivity index (χ0v) is 13.7. The standard InChI is InChI=1S/C15H22BrNO2/c1-5-10-17(14(18)19-15(2,3)4)11-12-8-6-7-9-13(12)16/h6-9H,5,10-11H2,1-4H3. The van der Waals surface area contributed by atoms with Gasteiger partial charge in [0.05, 0.1) is 6.54 Å². The van der Waals surface area contributed by atoms with E-state index in [1.165, 1.54) is 0 Å². The molecule has 1 aromatic carbocycles. The van der Waals surface area contributed by atoms with Gasteiger partial charge in [-0.2, -0.15) is 0 Å². The molecule has 0 aliphatic rings. The predicted molar refractivity (Wildman–Crippen MR) is 81.1 cm³/mol. The molecule has 106 valence electrons. The molecule has 0 radical (unpaired) electrons. The fourth-order valence-corrected chi connectivity index (χ4v) is 2.07. The Morgan fingerprint density at radius 1 is 1.32 bits per heavy atom. The Morgan fingerprint density at radius 3 is 2.47 bits per heavy atom. The molecule has 0 saturated heterocycles. The number of rotatable bonds is 4. The molecule has 0 heterocycles. The Balaban J connectivity index is 2.78. The third-order valence-electron chi connectivity index (χ3n) is 2.46. The maximum atomic E-state index is 12.2.